The standard InChI is InChI=1S/C16H18N4O3S/c21-15(7-10-24(22,23)14-5-2-1-3-6-14)20-11-13(12-20)19-16-17-8-4-9-18-16/h1-6,8-9,13H,7,10-12H2,(H,17,18,19). The predicted octanol–water partition coefficient (Wildman–Crippen LogP) is 0.963. The molecule has 0 aliphatic carbocycles. The third kappa shape index (κ3) is 3.88. The van der Waals surface area contributed by atoms with E-state index in [0.29, 0.717) is 19.0 Å². The fourth-order valence-corrected chi connectivity index (χ4v) is 3.71. The lowest BCUT2D eigenvalue weighted by atomic mass is 10.1. The summed E-state index contributed by atoms with van der Waals surface area (Å²) in [7, 11) is -3.42. The van der Waals surface area contributed by atoms with Crippen LogP contribution in [-0.2, 0) is 14.6 Å². The van der Waals surface area contributed by atoms with E-state index in [1.807, 2.05) is 0 Å². The van der Waals surface area contributed by atoms with E-state index in [1.54, 1.807) is 53.7 Å². The normalized spacial score (nSPS) is 14.9. The Morgan fingerprint density at radius 3 is 2.46 bits per heavy atom. The second kappa shape index (κ2) is 6.96. The number of carbonyl (C=O) groups excluding carboxylic acids is 1. The second-order valence-corrected chi connectivity index (χ2v) is 7.70. The van der Waals surface area contributed by atoms with Crippen molar-refractivity contribution in [3.05, 3.63) is 48.8 Å². The first-order valence-corrected chi connectivity index (χ1v) is 9.29. The molecule has 24 heavy (non-hydrogen) atoms. The summed E-state index contributed by atoms with van der Waals surface area (Å²) in [6, 6.07) is 10.0. The average Bonchev–Trinajstić information content (AvgIpc) is 2.57. The Morgan fingerprint density at radius 2 is 1.79 bits per heavy atom. The summed E-state index contributed by atoms with van der Waals surface area (Å²) in [5.74, 6) is 0.203. The van der Waals surface area contributed by atoms with Crippen molar-refractivity contribution < 1.29 is 13.2 Å². The van der Waals surface area contributed by atoms with Gasteiger partial charge < -0.3 is 10.2 Å². The first-order chi connectivity index (χ1) is 11.5. The van der Waals surface area contributed by atoms with Gasteiger partial charge in [0.1, 0.15) is 0 Å². The van der Waals surface area contributed by atoms with Crippen LogP contribution in [0.25, 0.3) is 0 Å². The third-order valence-corrected chi connectivity index (χ3v) is 5.55. The smallest absolute Gasteiger partial charge is 0.223 e. The van der Waals surface area contributed by atoms with Crippen molar-refractivity contribution in [2.75, 3.05) is 24.2 Å². The molecule has 0 bridgehead atoms. The van der Waals surface area contributed by atoms with Crippen molar-refractivity contribution >= 4 is 21.7 Å². The van der Waals surface area contributed by atoms with Crippen LogP contribution in [0.4, 0.5) is 5.95 Å². The number of rotatable bonds is 6. The van der Waals surface area contributed by atoms with Crippen LogP contribution in [-0.4, -0.2) is 54.1 Å². The average molecular weight is 346 g/mol. The number of amides is 1. The Morgan fingerprint density at radius 1 is 1.12 bits per heavy atom. The summed E-state index contributed by atoms with van der Waals surface area (Å²) >= 11 is 0. The van der Waals surface area contributed by atoms with E-state index >= 15 is 0 Å². The molecular formula is C16H18N4O3S. The summed E-state index contributed by atoms with van der Waals surface area (Å²) in [5, 5.41) is 3.13. The molecule has 0 saturated carbocycles. The molecule has 0 spiro atoms. The number of aromatic nitrogens is 2. The first-order valence-electron chi connectivity index (χ1n) is 7.64. The molecule has 7 nitrogen and oxygen atoms in total. The van der Waals surface area contributed by atoms with E-state index in [9.17, 15) is 13.2 Å². The summed E-state index contributed by atoms with van der Waals surface area (Å²) in [5.41, 5.74) is 0. The van der Waals surface area contributed by atoms with Crippen molar-refractivity contribution in [2.24, 2.45) is 0 Å². The highest BCUT2D eigenvalue weighted by atomic mass is 32.2. The van der Waals surface area contributed by atoms with E-state index in [-0.39, 0.29) is 29.0 Å². The first kappa shape index (κ1) is 16.4. The van der Waals surface area contributed by atoms with Crippen molar-refractivity contribution in [3.63, 3.8) is 0 Å². The van der Waals surface area contributed by atoms with Gasteiger partial charge in [0.2, 0.25) is 11.9 Å². The number of sulfone groups is 1. The number of carbonyl (C=O) groups is 1. The van der Waals surface area contributed by atoms with Crippen LogP contribution in [0, 0.1) is 0 Å². The van der Waals surface area contributed by atoms with Crippen molar-refractivity contribution in [3.8, 4) is 0 Å². The van der Waals surface area contributed by atoms with Gasteiger partial charge >= 0.3 is 0 Å². The van der Waals surface area contributed by atoms with Gasteiger partial charge in [-0.3, -0.25) is 4.79 Å². The Labute approximate surface area is 140 Å². The Balaban J connectivity index is 1.46. The SMILES string of the molecule is O=C(CCS(=O)(=O)c1ccccc1)N1CC(Nc2ncccn2)C1. The van der Waals surface area contributed by atoms with Gasteiger partial charge in [0.25, 0.3) is 0 Å². The molecular weight excluding hydrogens is 328 g/mol. The van der Waals surface area contributed by atoms with E-state index in [2.05, 4.69) is 15.3 Å². The highest BCUT2D eigenvalue weighted by Crippen LogP contribution is 2.16. The van der Waals surface area contributed by atoms with Crippen molar-refractivity contribution in [1.82, 2.24) is 14.9 Å². The maximum atomic E-state index is 12.2. The van der Waals surface area contributed by atoms with Gasteiger partial charge in [-0.2, -0.15) is 0 Å². The van der Waals surface area contributed by atoms with Crippen LogP contribution in [0.15, 0.2) is 53.7 Å². The van der Waals surface area contributed by atoms with Gasteiger partial charge in [0.15, 0.2) is 9.84 Å². The van der Waals surface area contributed by atoms with Gasteiger partial charge in [-0.25, -0.2) is 18.4 Å². The van der Waals surface area contributed by atoms with E-state index in [0.717, 1.165) is 0 Å². The molecule has 1 aromatic heterocycles. The highest BCUT2D eigenvalue weighted by Gasteiger charge is 2.31. The molecule has 1 amide bonds. The zero-order valence-corrected chi connectivity index (χ0v) is 13.8. The van der Waals surface area contributed by atoms with Crippen molar-refractivity contribution in [1.29, 1.82) is 0 Å². The van der Waals surface area contributed by atoms with Crippen LogP contribution in [0.3, 0.4) is 0 Å². The van der Waals surface area contributed by atoms with E-state index in [1.165, 1.54) is 0 Å². The lowest BCUT2D eigenvalue weighted by Crippen LogP contribution is -2.57. The summed E-state index contributed by atoms with van der Waals surface area (Å²) in [4.78, 5) is 22.1. The molecule has 0 radical (unpaired) electrons. The van der Waals surface area contributed by atoms with Gasteiger partial charge in [-0.1, -0.05) is 18.2 Å². The number of nitrogens with zero attached hydrogens (tertiary/aromatic N) is 3. The molecule has 1 saturated heterocycles. The fourth-order valence-electron chi connectivity index (χ4n) is 2.46. The van der Waals surface area contributed by atoms with Crippen molar-refractivity contribution in [2.45, 2.75) is 17.4 Å². The summed E-state index contributed by atoms with van der Waals surface area (Å²) in [6.45, 7) is 1.06. The van der Waals surface area contributed by atoms with Gasteiger partial charge in [0, 0.05) is 31.9 Å². The maximum absolute atomic E-state index is 12.2. The maximum Gasteiger partial charge on any atom is 0.223 e. The molecule has 1 N–H and O–H groups in total. The minimum absolute atomic E-state index is 0.00815. The largest absolute Gasteiger partial charge is 0.348 e. The summed E-state index contributed by atoms with van der Waals surface area (Å²) in [6.07, 6.45) is 3.28. The predicted molar refractivity (Wildman–Crippen MR) is 89.1 cm³/mol. The number of hydrogen-bond acceptors (Lipinski definition) is 6. The quantitative estimate of drug-likeness (QED) is 0.838. The zero-order valence-electron chi connectivity index (χ0n) is 13.0. The molecule has 0 unspecified atom stereocenters. The van der Waals surface area contributed by atoms with E-state index in [4.69, 9.17) is 0 Å². The molecule has 1 fully saturated rings. The summed E-state index contributed by atoms with van der Waals surface area (Å²) < 4.78 is 24.3. The van der Waals surface area contributed by atoms with Crippen LogP contribution in [0.5, 0.6) is 0 Å². The molecule has 126 valence electrons. The minimum atomic E-state index is -3.42. The van der Waals surface area contributed by atoms with Gasteiger partial charge in [-0.05, 0) is 18.2 Å². The van der Waals surface area contributed by atoms with E-state index < -0.39 is 9.84 Å². The molecule has 1 aromatic carbocycles. The zero-order chi connectivity index (χ0) is 17.0. The number of likely N-dealkylation sites (tertiary alicyclic amines) is 1. The van der Waals surface area contributed by atoms with Crippen LogP contribution < -0.4 is 5.32 Å². The second-order valence-electron chi connectivity index (χ2n) is 5.59. The van der Waals surface area contributed by atoms with Crippen LogP contribution >= 0.6 is 0 Å². The number of nitrogens with one attached hydrogen (secondary N) is 1. The van der Waals surface area contributed by atoms with Gasteiger partial charge in [0.05, 0.1) is 16.7 Å². The lowest BCUT2D eigenvalue weighted by Gasteiger charge is -2.39. The minimum Gasteiger partial charge on any atom is -0.348 e. The topological polar surface area (TPSA) is 92.3 Å². The monoisotopic (exact) mass is 346 g/mol. The molecule has 2 heterocycles. The molecule has 0 atom stereocenters. The highest BCUT2D eigenvalue weighted by molar-refractivity contribution is 7.91. The molecule has 2 aromatic rings. The van der Waals surface area contributed by atoms with Crippen LogP contribution in [0.2, 0.25) is 0 Å². The molecule has 8 heteroatoms. The third-order valence-electron chi connectivity index (χ3n) is 3.82. The molecule has 3 rings (SSSR count). The number of anilines is 1. The number of benzene rings is 1. The molecule has 1 aliphatic rings. The fraction of sp³-hybridized carbons (Fsp3) is 0.312. The Kier molecular flexibility index (Phi) is 4.75. The molecule has 1 aliphatic heterocycles. The lowest BCUT2D eigenvalue weighted by molar-refractivity contribution is -0.134. The van der Waals surface area contributed by atoms with Gasteiger partial charge in [-0.15, -0.1) is 0 Å². The number of hydrogen-bond donors (Lipinski definition) is 1. The Hall–Kier alpha value is -2.48. The Bertz CT molecular complexity index is 791. The van der Waals surface area contributed by atoms with Crippen LogP contribution in [0.1, 0.15) is 6.42 Å².